The molecule has 5 heteroatoms. The lowest BCUT2D eigenvalue weighted by molar-refractivity contribution is -0.0838. The van der Waals surface area contributed by atoms with Gasteiger partial charge in [0.15, 0.2) is 0 Å². The van der Waals surface area contributed by atoms with E-state index in [1.807, 2.05) is 13.0 Å². The molecule has 1 fully saturated rings. The van der Waals surface area contributed by atoms with Crippen molar-refractivity contribution in [2.24, 2.45) is 0 Å². The molecule has 1 aromatic carbocycles. The van der Waals surface area contributed by atoms with Gasteiger partial charge in [-0.25, -0.2) is 9.97 Å². The van der Waals surface area contributed by atoms with Gasteiger partial charge >= 0.3 is 0 Å². The molecular formula is C22H29N3O2. The van der Waals surface area contributed by atoms with Crippen LogP contribution >= 0.6 is 0 Å². The molecule has 1 aliphatic rings. The summed E-state index contributed by atoms with van der Waals surface area (Å²) in [6, 6.07) is 12.3. The fraction of sp³-hybridized carbons (Fsp3) is 0.500. The smallest absolute Gasteiger partial charge is 0.270 e. The predicted octanol–water partition coefficient (Wildman–Crippen LogP) is 3.74. The van der Waals surface area contributed by atoms with E-state index in [-0.39, 0.29) is 16.9 Å². The Bertz CT molecular complexity index is 784. The largest absolute Gasteiger partial charge is 0.376 e. The number of nitrogens with zero attached hydrogens (tertiary/aromatic N) is 2. The molecule has 3 rings (SSSR count). The summed E-state index contributed by atoms with van der Waals surface area (Å²) >= 11 is 0. The lowest BCUT2D eigenvalue weighted by atomic mass is 9.67. The van der Waals surface area contributed by atoms with Gasteiger partial charge in [-0.3, -0.25) is 4.79 Å². The summed E-state index contributed by atoms with van der Waals surface area (Å²) in [4.78, 5) is 21.0. The number of rotatable bonds is 5. The van der Waals surface area contributed by atoms with Gasteiger partial charge in [0.1, 0.15) is 11.5 Å². The molecule has 0 saturated carbocycles. The van der Waals surface area contributed by atoms with Gasteiger partial charge in [0.05, 0.1) is 5.60 Å². The molecule has 144 valence electrons. The number of aryl methyl sites for hydroxylation is 2. The maximum absolute atomic E-state index is 12.5. The van der Waals surface area contributed by atoms with E-state index in [1.165, 1.54) is 5.56 Å². The van der Waals surface area contributed by atoms with Crippen molar-refractivity contribution >= 4 is 5.91 Å². The number of hydrogen-bond donors (Lipinski definition) is 1. The van der Waals surface area contributed by atoms with Crippen molar-refractivity contribution in [3.05, 3.63) is 59.2 Å². The van der Waals surface area contributed by atoms with E-state index in [1.54, 1.807) is 13.0 Å². The second-order valence-corrected chi connectivity index (χ2v) is 8.13. The van der Waals surface area contributed by atoms with Crippen LogP contribution in [0.15, 0.2) is 36.4 Å². The van der Waals surface area contributed by atoms with Crippen molar-refractivity contribution in [2.75, 3.05) is 13.2 Å². The van der Waals surface area contributed by atoms with Gasteiger partial charge < -0.3 is 10.1 Å². The Hall–Kier alpha value is -2.27. The molecule has 0 unspecified atom stereocenters. The minimum absolute atomic E-state index is 0.00773. The summed E-state index contributed by atoms with van der Waals surface area (Å²) in [7, 11) is 0. The van der Waals surface area contributed by atoms with Gasteiger partial charge in [-0.05, 0) is 58.6 Å². The number of ether oxygens (including phenoxy) is 1. The molecule has 1 N–H and O–H groups in total. The summed E-state index contributed by atoms with van der Waals surface area (Å²) in [5.74, 6) is 0.477. The van der Waals surface area contributed by atoms with Crippen molar-refractivity contribution in [2.45, 2.75) is 58.0 Å². The summed E-state index contributed by atoms with van der Waals surface area (Å²) in [5.41, 5.74) is 2.40. The van der Waals surface area contributed by atoms with Crippen LogP contribution in [0.3, 0.4) is 0 Å². The predicted molar refractivity (Wildman–Crippen MR) is 106 cm³/mol. The van der Waals surface area contributed by atoms with Crippen LogP contribution in [0.5, 0.6) is 0 Å². The molecular weight excluding hydrogens is 338 g/mol. The minimum Gasteiger partial charge on any atom is -0.376 e. The van der Waals surface area contributed by atoms with Crippen LogP contribution in [-0.2, 0) is 10.2 Å². The number of nitrogens with one attached hydrogen (secondary N) is 1. The first-order valence-electron chi connectivity index (χ1n) is 9.60. The van der Waals surface area contributed by atoms with E-state index < -0.39 is 0 Å². The van der Waals surface area contributed by atoms with Gasteiger partial charge in [0.2, 0.25) is 0 Å². The third-order valence-corrected chi connectivity index (χ3v) is 5.31. The minimum atomic E-state index is -0.168. The number of hydrogen-bond acceptors (Lipinski definition) is 4. The van der Waals surface area contributed by atoms with Gasteiger partial charge in [-0.2, -0.15) is 0 Å². The highest BCUT2D eigenvalue weighted by Crippen LogP contribution is 2.43. The van der Waals surface area contributed by atoms with Crippen LogP contribution in [0, 0.1) is 13.8 Å². The zero-order valence-corrected chi connectivity index (χ0v) is 16.7. The lowest BCUT2D eigenvalue weighted by Gasteiger charge is -2.45. The first kappa shape index (κ1) is 19.5. The van der Waals surface area contributed by atoms with E-state index in [9.17, 15) is 4.79 Å². The number of carbonyl (C=O) groups is 1. The molecule has 1 atom stereocenters. The Kier molecular flexibility index (Phi) is 5.61. The molecule has 1 aromatic heterocycles. The third kappa shape index (κ3) is 4.72. The Morgan fingerprint density at radius 3 is 2.59 bits per heavy atom. The molecule has 1 amide bonds. The van der Waals surface area contributed by atoms with E-state index >= 15 is 0 Å². The second kappa shape index (κ2) is 7.77. The van der Waals surface area contributed by atoms with Gasteiger partial charge in [0.25, 0.3) is 5.91 Å². The zero-order valence-electron chi connectivity index (χ0n) is 16.7. The van der Waals surface area contributed by atoms with Crippen molar-refractivity contribution < 1.29 is 9.53 Å². The summed E-state index contributed by atoms with van der Waals surface area (Å²) in [6.45, 7) is 9.31. The third-order valence-electron chi connectivity index (χ3n) is 5.31. The fourth-order valence-corrected chi connectivity index (χ4v) is 4.21. The first-order valence-corrected chi connectivity index (χ1v) is 9.60. The zero-order chi connectivity index (χ0) is 19.5. The number of amides is 1. The maximum Gasteiger partial charge on any atom is 0.270 e. The average Bonchev–Trinajstić information content (AvgIpc) is 2.61. The monoisotopic (exact) mass is 367 g/mol. The molecule has 1 saturated heterocycles. The molecule has 0 bridgehead atoms. The molecule has 5 nitrogen and oxygen atoms in total. The fourth-order valence-electron chi connectivity index (χ4n) is 4.21. The maximum atomic E-state index is 12.5. The number of aromatic nitrogens is 2. The summed E-state index contributed by atoms with van der Waals surface area (Å²) < 4.78 is 5.96. The van der Waals surface area contributed by atoms with Crippen LogP contribution in [0.25, 0.3) is 0 Å². The SMILES string of the molecule is Cc1cc(C(=O)NCC[C@]2(c3ccccc3)CCOC(C)(C)C2)nc(C)n1. The highest BCUT2D eigenvalue weighted by Gasteiger charge is 2.41. The highest BCUT2D eigenvalue weighted by molar-refractivity contribution is 5.92. The van der Waals surface area contributed by atoms with Crippen LogP contribution in [0.1, 0.15) is 60.7 Å². The molecule has 0 aliphatic carbocycles. The normalized spacial score (nSPS) is 21.6. The van der Waals surface area contributed by atoms with E-state index in [4.69, 9.17) is 4.74 Å². The van der Waals surface area contributed by atoms with Gasteiger partial charge in [0, 0.05) is 24.3 Å². The molecule has 1 aliphatic heterocycles. The average molecular weight is 367 g/mol. The number of benzene rings is 1. The molecule has 27 heavy (non-hydrogen) atoms. The van der Waals surface area contributed by atoms with Crippen molar-refractivity contribution in [3.8, 4) is 0 Å². The standard InChI is InChI=1S/C22H29N3O2/c1-16-14-19(25-17(2)24-16)20(26)23-12-10-22(18-8-6-5-7-9-18)11-13-27-21(3,4)15-22/h5-9,14H,10-13,15H2,1-4H3,(H,23,26)/t22-/m0/s1. The quantitative estimate of drug-likeness (QED) is 0.874. The Balaban J connectivity index is 1.73. The van der Waals surface area contributed by atoms with Crippen molar-refractivity contribution in [1.82, 2.24) is 15.3 Å². The Morgan fingerprint density at radius 2 is 1.93 bits per heavy atom. The van der Waals surface area contributed by atoms with Crippen LogP contribution < -0.4 is 5.32 Å². The molecule has 0 radical (unpaired) electrons. The summed E-state index contributed by atoms with van der Waals surface area (Å²) in [6.07, 6.45) is 2.77. The lowest BCUT2D eigenvalue weighted by Crippen LogP contribution is -2.45. The topological polar surface area (TPSA) is 64.1 Å². The van der Waals surface area contributed by atoms with Crippen LogP contribution in [0.2, 0.25) is 0 Å². The molecule has 2 aromatic rings. The Labute approximate surface area is 161 Å². The van der Waals surface area contributed by atoms with E-state index in [0.717, 1.165) is 31.6 Å². The van der Waals surface area contributed by atoms with Crippen molar-refractivity contribution in [1.29, 1.82) is 0 Å². The highest BCUT2D eigenvalue weighted by atomic mass is 16.5. The molecule has 0 spiro atoms. The number of carbonyl (C=O) groups excluding carboxylic acids is 1. The van der Waals surface area contributed by atoms with Gasteiger partial charge in [-0.1, -0.05) is 30.3 Å². The van der Waals surface area contributed by atoms with E-state index in [0.29, 0.717) is 18.1 Å². The Morgan fingerprint density at radius 1 is 1.19 bits per heavy atom. The van der Waals surface area contributed by atoms with Crippen molar-refractivity contribution in [3.63, 3.8) is 0 Å². The van der Waals surface area contributed by atoms with Crippen LogP contribution in [-0.4, -0.2) is 34.6 Å². The van der Waals surface area contributed by atoms with Gasteiger partial charge in [-0.15, -0.1) is 0 Å². The second-order valence-electron chi connectivity index (χ2n) is 8.13. The summed E-state index contributed by atoms with van der Waals surface area (Å²) in [5, 5.41) is 3.05. The van der Waals surface area contributed by atoms with E-state index in [2.05, 4.69) is 53.4 Å². The first-order chi connectivity index (χ1) is 12.8. The molecule has 2 heterocycles. The van der Waals surface area contributed by atoms with Crippen LogP contribution in [0.4, 0.5) is 0 Å².